The second-order valence-electron chi connectivity index (χ2n) is 4.35. The number of hydrogen-bond acceptors (Lipinski definition) is 4. The zero-order valence-corrected chi connectivity index (χ0v) is 12.3. The molecule has 0 bridgehead atoms. The molecule has 1 heterocycles. The maximum absolute atomic E-state index is 11.6. The first-order chi connectivity index (χ1) is 9.79. The van der Waals surface area contributed by atoms with Crippen molar-refractivity contribution >= 4 is 17.2 Å². The van der Waals surface area contributed by atoms with E-state index in [0.717, 1.165) is 16.3 Å². The monoisotopic (exact) mass is 290 g/mol. The molecular formula is C15H18N2O2S. The Labute approximate surface area is 122 Å². The Hall–Kier alpha value is -1.72. The van der Waals surface area contributed by atoms with Gasteiger partial charge in [0.1, 0.15) is 5.01 Å². The molecule has 0 aliphatic heterocycles. The number of thiazole rings is 1. The van der Waals surface area contributed by atoms with Crippen LogP contribution in [0.15, 0.2) is 35.7 Å². The third kappa shape index (κ3) is 4.43. The summed E-state index contributed by atoms with van der Waals surface area (Å²) in [5, 5.41) is 5.82. The van der Waals surface area contributed by atoms with Crippen molar-refractivity contribution in [3.63, 3.8) is 0 Å². The Bertz CT molecular complexity index is 540. The number of ether oxygens (including phenoxy) is 1. The van der Waals surface area contributed by atoms with E-state index in [1.165, 1.54) is 0 Å². The van der Waals surface area contributed by atoms with E-state index < -0.39 is 0 Å². The van der Waals surface area contributed by atoms with E-state index in [1.807, 2.05) is 35.7 Å². The molecule has 0 saturated carbocycles. The van der Waals surface area contributed by atoms with Crippen LogP contribution in [-0.4, -0.2) is 31.2 Å². The van der Waals surface area contributed by atoms with Crippen LogP contribution in [0.25, 0.3) is 10.6 Å². The third-order valence-electron chi connectivity index (χ3n) is 2.81. The number of methoxy groups -OCH3 is 1. The Morgan fingerprint density at radius 3 is 2.90 bits per heavy atom. The average molecular weight is 290 g/mol. The first-order valence-corrected chi connectivity index (χ1v) is 7.43. The van der Waals surface area contributed by atoms with Crippen molar-refractivity contribution in [2.24, 2.45) is 0 Å². The van der Waals surface area contributed by atoms with Crippen LogP contribution in [0.2, 0.25) is 0 Å². The fourth-order valence-corrected chi connectivity index (χ4v) is 2.62. The van der Waals surface area contributed by atoms with E-state index in [4.69, 9.17) is 4.74 Å². The highest BCUT2D eigenvalue weighted by Gasteiger charge is 2.06. The van der Waals surface area contributed by atoms with Crippen molar-refractivity contribution in [1.82, 2.24) is 10.3 Å². The van der Waals surface area contributed by atoms with Gasteiger partial charge in [0.2, 0.25) is 5.91 Å². The normalized spacial score (nSPS) is 10.4. The molecule has 4 nitrogen and oxygen atoms in total. The molecule has 5 heteroatoms. The number of benzene rings is 1. The standard InChI is InChI=1S/C15H18N2O2S/c1-19-10-9-16-14(18)8-7-13-11-20-15(17-13)12-5-3-2-4-6-12/h2-6,11H,7-10H2,1H3,(H,16,18). The van der Waals surface area contributed by atoms with E-state index >= 15 is 0 Å². The predicted octanol–water partition coefficient (Wildman–Crippen LogP) is 2.51. The zero-order chi connectivity index (χ0) is 14.2. The quantitative estimate of drug-likeness (QED) is 0.797. The minimum atomic E-state index is 0.0383. The molecule has 0 spiro atoms. The summed E-state index contributed by atoms with van der Waals surface area (Å²) < 4.78 is 4.88. The molecule has 0 saturated heterocycles. The van der Waals surface area contributed by atoms with Crippen LogP contribution < -0.4 is 5.32 Å². The molecular weight excluding hydrogens is 272 g/mol. The molecule has 1 N–H and O–H groups in total. The lowest BCUT2D eigenvalue weighted by atomic mass is 10.2. The maximum atomic E-state index is 11.6. The highest BCUT2D eigenvalue weighted by Crippen LogP contribution is 2.23. The van der Waals surface area contributed by atoms with E-state index in [9.17, 15) is 4.79 Å². The van der Waals surface area contributed by atoms with Crippen molar-refractivity contribution in [2.75, 3.05) is 20.3 Å². The van der Waals surface area contributed by atoms with Crippen molar-refractivity contribution in [3.05, 3.63) is 41.4 Å². The molecule has 0 aliphatic rings. The number of rotatable bonds is 7. The largest absolute Gasteiger partial charge is 0.383 e. The molecule has 0 atom stereocenters. The van der Waals surface area contributed by atoms with Crippen LogP contribution in [-0.2, 0) is 16.0 Å². The fraction of sp³-hybridized carbons (Fsp3) is 0.333. The maximum Gasteiger partial charge on any atom is 0.220 e. The van der Waals surface area contributed by atoms with Gasteiger partial charge in [-0.3, -0.25) is 4.79 Å². The van der Waals surface area contributed by atoms with Crippen LogP contribution in [0.3, 0.4) is 0 Å². The molecule has 1 aromatic heterocycles. The number of aromatic nitrogens is 1. The predicted molar refractivity (Wildman–Crippen MR) is 80.8 cm³/mol. The highest BCUT2D eigenvalue weighted by molar-refractivity contribution is 7.13. The number of carbonyl (C=O) groups excluding carboxylic acids is 1. The molecule has 1 aromatic carbocycles. The van der Waals surface area contributed by atoms with Crippen molar-refractivity contribution in [2.45, 2.75) is 12.8 Å². The molecule has 0 radical (unpaired) electrons. The van der Waals surface area contributed by atoms with Crippen molar-refractivity contribution in [1.29, 1.82) is 0 Å². The molecule has 2 aromatic rings. The number of nitrogens with one attached hydrogen (secondary N) is 1. The van der Waals surface area contributed by atoms with Crippen LogP contribution in [0.1, 0.15) is 12.1 Å². The third-order valence-corrected chi connectivity index (χ3v) is 3.75. The van der Waals surface area contributed by atoms with Crippen LogP contribution in [0, 0.1) is 0 Å². The van der Waals surface area contributed by atoms with Crippen molar-refractivity contribution in [3.8, 4) is 10.6 Å². The Balaban J connectivity index is 1.83. The van der Waals surface area contributed by atoms with Gasteiger partial charge in [-0.15, -0.1) is 11.3 Å². The second kappa shape index (κ2) is 7.77. The minimum Gasteiger partial charge on any atom is -0.383 e. The molecule has 0 unspecified atom stereocenters. The lowest BCUT2D eigenvalue weighted by Crippen LogP contribution is -2.27. The number of aryl methyl sites for hydroxylation is 1. The highest BCUT2D eigenvalue weighted by atomic mass is 32.1. The van der Waals surface area contributed by atoms with E-state index in [-0.39, 0.29) is 5.91 Å². The lowest BCUT2D eigenvalue weighted by Gasteiger charge is -2.02. The summed E-state index contributed by atoms with van der Waals surface area (Å²) >= 11 is 1.61. The fourth-order valence-electron chi connectivity index (χ4n) is 1.76. The van der Waals surface area contributed by atoms with Gasteiger partial charge in [0, 0.05) is 31.0 Å². The Kier molecular flexibility index (Phi) is 5.70. The van der Waals surface area contributed by atoms with Crippen LogP contribution in [0.4, 0.5) is 0 Å². The summed E-state index contributed by atoms with van der Waals surface area (Å²) in [6, 6.07) is 10.1. The number of nitrogens with zero attached hydrogens (tertiary/aromatic N) is 1. The number of hydrogen-bond donors (Lipinski definition) is 1. The van der Waals surface area contributed by atoms with Gasteiger partial charge in [0.05, 0.1) is 12.3 Å². The Morgan fingerprint density at radius 2 is 2.15 bits per heavy atom. The van der Waals surface area contributed by atoms with Gasteiger partial charge in [-0.1, -0.05) is 30.3 Å². The first kappa shape index (κ1) is 14.7. The molecule has 20 heavy (non-hydrogen) atoms. The number of amides is 1. The smallest absolute Gasteiger partial charge is 0.220 e. The summed E-state index contributed by atoms with van der Waals surface area (Å²) in [6.07, 6.45) is 1.13. The van der Waals surface area contributed by atoms with Gasteiger partial charge < -0.3 is 10.1 Å². The van der Waals surface area contributed by atoms with Gasteiger partial charge in [-0.2, -0.15) is 0 Å². The molecule has 2 rings (SSSR count). The SMILES string of the molecule is COCCNC(=O)CCc1csc(-c2ccccc2)n1. The average Bonchev–Trinajstić information content (AvgIpc) is 2.95. The van der Waals surface area contributed by atoms with Gasteiger partial charge in [0.15, 0.2) is 0 Å². The zero-order valence-electron chi connectivity index (χ0n) is 11.5. The minimum absolute atomic E-state index is 0.0383. The molecule has 0 fully saturated rings. The second-order valence-corrected chi connectivity index (χ2v) is 5.21. The summed E-state index contributed by atoms with van der Waals surface area (Å²) in [5.41, 5.74) is 2.09. The van der Waals surface area contributed by atoms with E-state index in [2.05, 4.69) is 10.3 Å². The summed E-state index contributed by atoms with van der Waals surface area (Å²) in [6.45, 7) is 1.10. The van der Waals surface area contributed by atoms with Gasteiger partial charge in [-0.25, -0.2) is 4.98 Å². The summed E-state index contributed by atoms with van der Waals surface area (Å²) in [4.78, 5) is 16.1. The number of carbonyl (C=O) groups is 1. The van der Waals surface area contributed by atoms with E-state index in [0.29, 0.717) is 26.0 Å². The van der Waals surface area contributed by atoms with E-state index in [1.54, 1.807) is 18.4 Å². The topological polar surface area (TPSA) is 51.2 Å². The van der Waals surface area contributed by atoms with Gasteiger partial charge in [0.25, 0.3) is 0 Å². The van der Waals surface area contributed by atoms with Crippen LogP contribution >= 0.6 is 11.3 Å². The van der Waals surface area contributed by atoms with Crippen LogP contribution in [0.5, 0.6) is 0 Å². The summed E-state index contributed by atoms with van der Waals surface area (Å²) in [5.74, 6) is 0.0383. The first-order valence-electron chi connectivity index (χ1n) is 6.55. The molecule has 1 amide bonds. The Morgan fingerprint density at radius 1 is 1.35 bits per heavy atom. The molecule has 106 valence electrons. The lowest BCUT2D eigenvalue weighted by molar-refractivity contribution is -0.121. The summed E-state index contributed by atoms with van der Waals surface area (Å²) in [7, 11) is 1.62. The van der Waals surface area contributed by atoms with Gasteiger partial charge >= 0.3 is 0 Å². The van der Waals surface area contributed by atoms with Crippen molar-refractivity contribution < 1.29 is 9.53 Å². The van der Waals surface area contributed by atoms with Gasteiger partial charge in [-0.05, 0) is 6.42 Å². The molecule has 0 aliphatic carbocycles.